The number of carbonyl (C=O) groups is 2. The van der Waals surface area contributed by atoms with Crippen molar-refractivity contribution in [1.29, 1.82) is 0 Å². The van der Waals surface area contributed by atoms with E-state index in [4.69, 9.17) is 4.74 Å². The summed E-state index contributed by atoms with van der Waals surface area (Å²) < 4.78 is 5.01. The van der Waals surface area contributed by atoms with Crippen LogP contribution >= 0.6 is 11.8 Å². The van der Waals surface area contributed by atoms with Crippen LogP contribution in [0.3, 0.4) is 0 Å². The fourth-order valence-corrected chi connectivity index (χ4v) is 3.98. The second-order valence-electron chi connectivity index (χ2n) is 6.22. The number of nitrogens with zero attached hydrogens (tertiary/aromatic N) is 1. The van der Waals surface area contributed by atoms with Crippen LogP contribution < -0.4 is 0 Å². The maximum Gasteiger partial charge on any atom is 0.338 e. The van der Waals surface area contributed by atoms with Gasteiger partial charge in [-0.3, -0.25) is 9.69 Å². The van der Waals surface area contributed by atoms with Gasteiger partial charge in [0.05, 0.1) is 12.2 Å². The molecule has 3 rings (SSSR count). The Balaban J connectivity index is 1.76. The Bertz CT molecular complexity index is 784. The zero-order valence-electron chi connectivity index (χ0n) is 14.9. The second-order valence-corrected chi connectivity index (χ2v) is 7.44. The average Bonchev–Trinajstić information content (AvgIpc) is 2.69. The van der Waals surface area contributed by atoms with Gasteiger partial charge in [0.15, 0.2) is 5.78 Å². The summed E-state index contributed by atoms with van der Waals surface area (Å²) in [7, 11) is 0. The highest BCUT2D eigenvalue weighted by molar-refractivity contribution is 7.99. The topological polar surface area (TPSA) is 46.6 Å². The molecule has 0 saturated carbocycles. The molecule has 0 radical (unpaired) electrons. The summed E-state index contributed by atoms with van der Waals surface area (Å²) in [5.41, 5.74) is 2.70. The van der Waals surface area contributed by atoms with Crippen molar-refractivity contribution in [3.05, 3.63) is 70.8 Å². The Morgan fingerprint density at radius 1 is 1.00 bits per heavy atom. The number of carbonyl (C=O) groups excluding carboxylic acids is 2. The molecular formula is C21H23NO3S. The summed E-state index contributed by atoms with van der Waals surface area (Å²) in [6.45, 7) is 5.12. The number of ketones is 1. The molecule has 2 aromatic carbocycles. The third kappa shape index (κ3) is 4.74. The van der Waals surface area contributed by atoms with Crippen molar-refractivity contribution in [3.63, 3.8) is 0 Å². The molecule has 26 heavy (non-hydrogen) atoms. The molecule has 1 heterocycles. The van der Waals surface area contributed by atoms with Crippen molar-refractivity contribution >= 4 is 23.5 Å². The molecule has 4 nitrogen and oxygen atoms in total. The van der Waals surface area contributed by atoms with Crippen LogP contribution in [0, 0.1) is 0 Å². The summed E-state index contributed by atoms with van der Waals surface area (Å²) in [6.07, 6.45) is 0. The lowest BCUT2D eigenvalue weighted by molar-refractivity contribution is 0.0526. The third-order valence-corrected chi connectivity index (χ3v) is 5.28. The van der Waals surface area contributed by atoms with Gasteiger partial charge in [0, 0.05) is 42.3 Å². The first-order valence-electron chi connectivity index (χ1n) is 8.88. The number of esters is 1. The molecule has 0 amide bonds. The summed E-state index contributed by atoms with van der Waals surface area (Å²) in [5, 5.41) is 0. The first-order chi connectivity index (χ1) is 12.7. The number of hydrogen-bond donors (Lipinski definition) is 0. The predicted molar refractivity (Wildman–Crippen MR) is 105 cm³/mol. The van der Waals surface area contributed by atoms with Crippen molar-refractivity contribution in [1.82, 2.24) is 4.90 Å². The highest BCUT2D eigenvalue weighted by Gasteiger charge is 2.15. The molecule has 136 valence electrons. The molecule has 0 atom stereocenters. The quantitative estimate of drug-likeness (QED) is 0.575. The Labute approximate surface area is 158 Å². The molecule has 0 N–H and O–H groups in total. The van der Waals surface area contributed by atoms with Gasteiger partial charge in [-0.1, -0.05) is 30.3 Å². The fraction of sp³-hybridized carbons (Fsp3) is 0.333. The van der Waals surface area contributed by atoms with Crippen LogP contribution in [0.2, 0.25) is 0 Å². The number of ether oxygens (including phenoxy) is 1. The minimum Gasteiger partial charge on any atom is -0.462 e. The van der Waals surface area contributed by atoms with E-state index in [0.29, 0.717) is 23.3 Å². The van der Waals surface area contributed by atoms with Gasteiger partial charge in [0.2, 0.25) is 0 Å². The lowest BCUT2D eigenvalue weighted by Gasteiger charge is -2.26. The maximum absolute atomic E-state index is 12.9. The van der Waals surface area contributed by atoms with Crippen LogP contribution in [0.25, 0.3) is 0 Å². The van der Waals surface area contributed by atoms with E-state index in [1.165, 1.54) is 11.5 Å². The highest BCUT2D eigenvalue weighted by Crippen LogP contribution is 2.17. The van der Waals surface area contributed by atoms with Gasteiger partial charge in [0.1, 0.15) is 0 Å². The monoisotopic (exact) mass is 369 g/mol. The Kier molecular flexibility index (Phi) is 6.47. The minimum absolute atomic E-state index is 0.0767. The zero-order chi connectivity index (χ0) is 18.4. The Hall–Kier alpha value is -2.11. The van der Waals surface area contributed by atoms with E-state index < -0.39 is 5.97 Å². The summed E-state index contributed by atoms with van der Waals surface area (Å²) in [5.74, 6) is 1.85. The smallest absolute Gasteiger partial charge is 0.338 e. The molecule has 0 aromatic heterocycles. The van der Waals surface area contributed by atoms with Crippen LogP contribution in [0.4, 0.5) is 0 Å². The number of benzene rings is 2. The van der Waals surface area contributed by atoms with Crippen LogP contribution in [-0.2, 0) is 11.3 Å². The van der Waals surface area contributed by atoms with Gasteiger partial charge < -0.3 is 4.74 Å². The van der Waals surface area contributed by atoms with E-state index in [0.717, 1.165) is 25.2 Å². The molecule has 1 fully saturated rings. The van der Waals surface area contributed by atoms with Crippen LogP contribution in [0.15, 0.2) is 48.5 Å². The second kappa shape index (κ2) is 9.01. The first-order valence-corrected chi connectivity index (χ1v) is 10.0. The van der Waals surface area contributed by atoms with Gasteiger partial charge in [-0.15, -0.1) is 0 Å². The SMILES string of the molecule is CCOC(=O)c1cccc(C(=O)c2cccc(CN3CCSCC3)c2)c1. The first kappa shape index (κ1) is 18.7. The predicted octanol–water partition coefficient (Wildman–Crippen LogP) is 3.64. The molecular weight excluding hydrogens is 346 g/mol. The van der Waals surface area contributed by atoms with E-state index in [1.807, 2.05) is 30.0 Å². The number of thioether (sulfide) groups is 1. The Morgan fingerprint density at radius 3 is 2.38 bits per heavy atom. The number of rotatable bonds is 6. The molecule has 0 aliphatic carbocycles. The molecule has 0 spiro atoms. The fourth-order valence-electron chi connectivity index (χ4n) is 3.00. The molecule has 1 saturated heterocycles. The van der Waals surface area contributed by atoms with E-state index >= 15 is 0 Å². The van der Waals surface area contributed by atoms with E-state index in [9.17, 15) is 9.59 Å². The minimum atomic E-state index is -0.404. The van der Waals surface area contributed by atoms with Crippen LogP contribution in [-0.4, -0.2) is 47.9 Å². The van der Waals surface area contributed by atoms with Crippen LogP contribution in [0.5, 0.6) is 0 Å². The van der Waals surface area contributed by atoms with Crippen LogP contribution in [0.1, 0.15) is 38.8 Å². The molecule has 1 aliphatic heterocycles. The number of hydrogen-bond acceptors (Lipinski definition) is 5. The van der Waals surface area contributed by atoms with E-state index in [-0.39, 0.29) is 5.78 Å². The summed E-state index contributed by atoms with van der Waals surface area (Å²) in [6, 6.07) is 14.5. The largest absolute Gasteiger partial charge is 0.462 e. The van der Waals surface area contributed by atoms with Crippen molar-refractivity contribution in [2.24, 2.45) is 0 Å². The third-order valence-electron chi connectivity index (χ3n) is 4.33. The van der Waals surface area contributed by atoms with Gasteiger partial charge in [0.25, 0.3) is 0 Å². The van der Waals surface area contributed by atoms with E-state index in [2.05, 4.69) is 11.0 Å². The highest BCUT2D eigenvalue weighted by atomic mass is 32.2. The normalized spacial score (nSPS) is 14.8. The molecule has 1 aliphatic rings. The van der Waals surface area contributed by atoms with Crippen molar-refractivity contribution in [2.75, 3.05) is 31.2 Å². The lowest BCUT2D eigenvalue weighted by Crippen LogP contribution is -2.31. The lowest BCUT2D eigenvalue weighted by atomic mass is 9.99. The molecule has 2 aromatic rings. The van der Waals surface area contributed by atoms with Gasteiger partial charge >= 0.3 is 5.97 Å². The van der Waals surface area contributed by atoms with Crippen molar-refractivity contribution < 1.29 is 14.3 Å². The van der Waals surface area contributed by atoms with Gasteiger partial charge in [-0.25, -0.2) is 4.79 Å². The molecule has 0 unspecified atom stereocenters. The molecule has 0 bridgehead atoms. The zero-order valence-corrected chi connectivity index (χ0v) is 15.8. The summed E-state index contributed by atoms with van der Waals surface area (Å²) in [4.78, 5) is 27.2. The van der Waals surface area contributed by atoms with Crippen molar-refractivity contribution in [3.8, 4) is 0 Å². The maximum atomic E-state index is 12.9. The van der Waals surface area contributed by atoms with Gasteiger partial charge in [-0.05, 0) is 30.7 Å². The molecule has 5 heteroatoms. The summed E-state index contributed by atoms with van der Waals surface area (Å²) >= 11 is 1.99. The Morgan fingerprint density at radius 2 is 1.65 bits per heavy atom. The van der Waals surface area contributed by atoms with Gasteiger partial charge in [-0.2, -0.15) is 11.8 Å². The van der Waals surface area contributed by atoms with Crippen molar-refractivity contribution in [2.45, 2.75) is 13.5 Å². The standard InChI is InChI=1S/C21H23NO3S/c1-2-25-21(24)19-8-4-7-18(14-19)20(23)17-6-3-5-16(13-17)15-22-9-11-26-12-10-22/h3-8,13-14H,2,9-12,15H2,1H3. The van der Waals surface area contributed by atoms with E-state index in [1.54, 1.807) is 31.2 Å². The average molecular weight is 369 g/mol.